The highest BCUT2D eigenvalue weighted by Gasteiger charge is 2.34. The zero-order valence-corrected chi connectivity index (χ0v) is 17.8. The molecule has 0 saturated carbocycles. The van der Waals surface area contributed by atoms with Crippen molar-refractivity contribution in [3.8, 4) is 0 Å². The second-order valence-corrected chi connectivity index (χ2v) is 9.53. The number of nitrogens with one attached hydrogen (secondary N) is 1. The number of halogens is 1. The first-order chi connectivity index (χ1) is 13.3. The summed E-state index contributed by atoms with van der Waals surface area (Å²) in [7, 11) is -3.62. The summed E-state index contributed by atoms with van der Waals surface area (Å²) in [6.45, 7) is 3.17. The minimum absolute atomic E-state index is 0.00255. The average Bonchev–Trinajstić information content (AvgIpc) is 2.96. The normalized spacial score (nSPS) is 18.5. The molecule has 6 nitrogen and oxygen atoms in total. The predicted molar refractivity (Wildman–Crippen MR) is 112 cm³/mol. The number of anilines is 1. The van der Waals surface area contributed by atoms with Crippen LogP contribution in [0.1, 0.15) is 24.0 Å². The molecule has 2 heterocycles. The molecule has 0 bridgehead atoms. The molecular weight excluding hydrogens is 442 g/mol. The van der Waals surface area contributed by atoms with Crippen LogP contribution in [-0.4, -0.2) is 38.2 Å². The van der Waals surface area contributed by atoms with Crippen LogP contribution in [0.3, 0.4) is 0 Å². The number of amidine groups is 1. The molecule has 2 aliphatic rings. The lowest BCUT2D eigenvalue weighted by Crippen LogP contribution is -2.41. The zero-order valence-electron chi connectivity index (χ0n) is 15.4. The smallest absolute Gasteiger partial charge is 0.285 e. The van der Waals surface area contributed by atoms with Crippen LogP contribution in [0.15, 0.2) is 56.2 Å². The third-order valence-corrected chi connectivity index (χ3v) is 7.42. The second-order valence-electron chi connectivity index (χ2n) is 7.10. The summed E-state index contributed by atoms with van der Waals surface area (Å²) in [6.07, 6.45) is 1.31. The highest BCUT2D eigenvalue weighted by Crippen LogP contribution is 2.30. The Kier molecular flexibility index (Phi) is 5.01. The molecule has 0 aromatic heterocycles. The van der Waals surface area contributed by atoms with Gasteiger partial charge in [-0.2, -0.15) is 8.42 Å². The van der Waals surface area contributed by atoms with E-state index in [9.17, 15) is 13.2 Å². The molecule has 8 heteroatoms. The maximum atomic E-state index is 12.6. The maximum Gasteiger partial charge on any atom is 0.285 e. The van der Waals surface area contributed by atoms with Gasteiger partial charge in [0.05, 0.1) is 0 Å². The van der Waals surface area contributed by atoms with E-state index in [0.717, 1.165) is 15.7 Å². The predicted octanol–water partition coefficient (Wildman–Crippen LogP) is 3.56. The molecule has 2 aliphatic heterocycles. The van der Waals surface area contributed by atoms with Crippen LogP contribution in [0, 0.1) is 12.8 Å². The van der Waals surface area contributed by atoms with Crippen LogP contribution in [0.4, 0.5) is 5.69 Å². The number of nitrogens with zero attached hydrogens (tertiary/aromatic N) is 2. The van der Waals surface area contributed by atoms with Crippen molar-refractivity contribution in [2.75, 3.05) is 18.4 Å². The Morgan fingerprint density at radius 3 is 2.61 bits per heavy atom. The fourth-order valence-electron chi connectivity index (χ4n) is 3.64. The molecule has 0 spiro atoms. The van der Waals surface area contributed by atoms with E-state index < -0.39 is 10.0 Å². The number of carbonyl (C=O) groups is 1. The number of piperidine rings is 1. The van der Waals surface area contributed by atoms with Crippen molar-refractivity contribution in [2.24, 2.45) is 10.3 Å². The van der Waals surface area contributed by atoms with Crippen molar-refractivity contribution >= 4 is 43.4 Å². The van der Waals surface area contributed by atoms with Crippen molar-refractivity contribution in [3.63, 3.8) is 0 Å². The van der Waals surface area contributed by atoms with Crippen LogP contribution in [-0.2, 0) is 14.8 Å². The standard InChI is InChI=1S/C20H20BrN3O3S/c1-13-12-15(6-7-17(13)21)22-20(25)14-8-10-24(11-9-14)19-16-4-2-3-5-18(16)28(26,27)23-19/h2-7,12,14H,8-11H2,1H3,(H,22,25). The minimum atomic E-state index is -3.62. The molecule has 4 rings (SSSR count). The summed E-state index contributed by atoms with van der Waals surface area (Å²) in [4.78, 5) is 14.9. The van der Waals surface area contributed by atoms with Gasteiger partial charge in [-0.1, -0.05) is 28.1 Å². The van der Waals surface area contributed by atoms with Crippen LogP contribution < -0.4 is 5.32 Å². The lowest BCUT2D eigenvalue weighted by molar-refractivity contribution is -0.120. The summed E-state index contributed by atoms with van der Waals surface area (Å²) in [6, 6.07) is 12.6. The Labute approximate surface area is 172 Å². The van der Waals surface area contributed by atoms with E-state index in [-0.39, 0.29) is 16.7 Å². The highest BCUT2D eigenvalue weighted by atomic mass is 79.9. The van der Waals surface area contributed by atoms with Gasteiger partial charge in [-0.25, -0.2) is 0 Å². The number of sulfonamides is 1. The zero-order chi connectivity index (χ0) is 19.9. The molecule has 0 radical (unpaired) electrons. The van der Waals surface area contributed by atoms with Crippen molar-refractivity contribution in [2.45, 2.75) is 24.7 Å². The first-order valence-corrected chi connectivity index (χ1v) is 11.3. The SMILES string of the molecule is Cc1cc(NC(=O)C2CCN(C3=NS(=O)(=O)c4ccccc43)CC2)ccc1Br. The number of aryl methyl sites for hydroxylation is 1. The summed E-state index contributed by atoms with van der Waals surface area (Å²) in [5.41, 5.74) is 2.50. The molecule has 1 amide bonds. The van der Waals surface area contributed by atoms with Gasteiger partial charge in [0.2, 0.25) is 5.91 Å². The number of carbonyl (C=O) groups excluding carboxylic acids is 1. The molecule has 1 saturated heterocycles. The van der Waals surface area contributed by atoms with E-state index in [1.165, 1.54) is 0 Å². The molecule has 2 aromatic carbocycles. The third kappa shape index (κ3) is 3.58. The van der Waals surface area contributed by atoms with Crippen molar-refractivity contribution in [3.05, 3.63) is 58.1 Å². The van der Waals surface area contributed by atoms with Gasteiger partial charge in [-0.3, -0.25) is 4.79 Å². The quantitative estimate of drug-likeness (QED) is 0.741. The lowest BCUT2D eigenvalue weighted by Gasteiger charge is -2.32. The van der Waals surface area contributed by atoms with Gasteiger partial charge in [0, 0.05) is 34.7 Å². The first-order valence-electron chi connectivity index (χ1n) is 9.11. The number of fused-ring (bicyclic) bond motifs is 1. The van der Waals surface area contributed by atoms with Gasteiger partial charge in [-0.05, 0) is 55.7 Å². The summed E-state index contributed by atoms with van der Waals surface area (Å²) in [5, 5.41) is 2.99. The Hall–Kier alpha value is -2.19. The fourth-order valence-corrected chi connectivity index (χ4v) is 5.11. The Balaban J connectivity index is 1.42. The molecule has 146 valence electrons. The van der Waals surface area contributed by atoms with Gasteiger partial charge in [0.15, 0.2) is 5.84 Å². The Morgan fingerprint density at radius 1 is 1.18 bits per heavy atom. The maximum absolute atomic E-state index is 12.6. The van der Waals surface area contributed by atoms with E-state index in [1.54, 1.807) is 18.2 Å². The van der Waals surface area contributed by atoms with Gasteiger partial charge in [0.1, 0.15) is 4.90 Å². The minimum Gasteiger partial charge on any atom is -0.355 e. The van der Waals surface area contributed by atoms with Gasteiger partial charge >= 0.3 is 0 Å². The largest absolute Gasteiger partial charge is 0.355 e. The van der Waals surface area contributed by atoms with E-state index in [2.05, 4.69) is 25.6 Å². The molecule has 28 heavy (non-hydrogen) atoms. The molecule has 1 fully saturated rings. The summed E-state index contributed by atoms with van der Waals surface area (Å²) < 4.78 is 29.5. The Bertz CT molecular complexity index is 1070. The molecular formula is C20H20BrN3O3S. The summed E-state index contributed by atoms with van der Waals surface area (Å²) in [5.74, 6) is 0.398. The fraction of sp³-hybridized carbons (Fsp3) is 0.300. The monoisotopic (exact) mass is 461 g/mol. The number of hydrogen-bond donors (Lipinski definition) is 1. The van der Waals surface area contributed by atoms with Crippen molar-refractivity contribution < 1.29 is 13.2 Å². The van der Waals surface area contributed by atoms with E-state index in [4.69, 9.17) is 0 Å². The number of amides is 1. The molecule has 2 aromatic rings. The average molecular weight is 462 g/mol. The molecule has 0 unspecified atom stereocenters. The number of rotatable bonds is 2. The van der Waals surface area contributed by atoms with Crippen molar-refractivity contribution in [1.29, 1.82) is 0 Å². The van der Waals surface area contributed by atoms with Crippen molar-refractivity contribution in [1.82, 2.24) is 4.90 Å². The summed E-state index contributed by atoms with van der Waals surface area (Å²) >= 11 is 3.46. The van der Waals surface area contributed by atoms with Gasteiger partial charge < -0.3 is 10.2 Å². The van der Waals surface area contributed by atoms with Gasteiger partial charge in [-0.15, -0.1) is 4.40 Å². The van der Waals surface area contributed by atoms with Crippen LogP contribution in [0.2, 0.25) is 0 Å². The van der Waals surface area contributed by atoms with Crippen LogP contribution >= 0.6 is 15.9 Å². The number of hydrogen-bond acceptors (Lipinski definition) is 4. The lowest BCUT2D eigenvalue weighted by atomic mass is 9.95. The van der Waals surface area contributed by atoms with Crippen LogP contribution in [0.25, 0.3) is 0 Å². The van der Waals surface area contributed by atoms with E-state index >= 15 is 0 Å². The topological polar surface area (TPSA) is 78.8 Å². The van der Waals surface area contributed by atoms with Gasteiger partial charge in [0.25, 0.3) is 10.0 Å². The molecule has 1 N–H and O–H groups in total. The highest BCUT2D eigenvalue weighted by molar-refractivity contribution is 9.10. The van der Waals surface area contributed by atoms with E-state index in [1.807, 2.05) is 36.1 Å². The molecule has 0 aliphatic carbocycles. The third-order valence-electron chi connectivity index (χ3n) is 5.20. The van der Waals surface area contributed by atoms with Crippen LogP contribution in [0.5, 0.6) is 0 Å². The first kappa shape index (κ1) is 19.1. The van der Waals surface area contributed by atoms with E-state index in [0.29, 0.717) is 37.3 Å². The Morgan fingerprint density at radius 2 is 1.89 bits per heavy atom. The number of likely N-dealkylation sites (tertiary alicyclic amines) is 1. The second kappa shape index (κ2) is 7.33. The number of benzene rings is 2. The molecule has 0 atom stereocenters.